The van der Waals surface area contributed by atoms with E-state index < -0.39 is 6.04 Å². The summed E-state index contributed by atoms with van der Waals surface area (Å²) >= 11 is 0. The first-order chi connectivity index (χ1) is 16.6. The van der Waals surface area contributed by atoms with Crippen molar-refractivity contribution in [2.75, 3.05) is 20.8 Å². The van der Waals surface area contributed by atoms with E-state index in [1.807, 2.05) is 85.8 Å². The minimum Gasteiger partial charge on any atom is -0.493 e. The van der Waals surface area contributed by atoms with E-state index in [4.69, 9.17) is 9.47 Å². The number of nitrogens with one attached hydrogen (secondary N) is 1. The second-order valence-corrected chi connectivity index (χ2v) is 7.90. The highest BCUT2D eigenvalue weighted by atomic mass is 16.5. The van der Waals surface area contributed by atoms with Gasteiger partial charge in [-0.15, -0.1) is 0 Å². The van der Waals surface area contributed by atoms with Gasteiger partial charge >= 0.3 is 0 Å². The van der Waals surface area contributed by atoms with Crippen molar-refractivity contribution in [3.63, 3.8) is 0 Å². The molecule has 0 aromatic heterocycles. The van der Waals surface area contributed by atoms with Crippen LogP contribution >= 0.6 is 0 Å². The molecular weight excluding hydrogens is 428 g/mol. The standard InChI is InChI=1S/C28H32N2O4/c1-4-26(31)30(20-22-11-7-5-8-12-22)27(23-13-9-6-10-14-23)28(32)29-18-17-21-15-16-24(33-2)25(19-21)34-3/h5-16,19,27H,4,17-18,20H2,1-3H3,(H,29,32). The zero-order valence-electron chi connectivity index (χ0n) is 20.0. The van der Waals surface area contributed by atoms with Gasteiger partial charge in [-0.25, -0.2) is 0 Å². The molecule has 0 saturated heterocycles. The van der Waals surface area contributed by atoms with Crippen LogP contribution < -0.4 is 14.8 Å². The molecule has 3 rings (SSSR count). The molecule has 178 valence electrons. The van der Waals surface area contributed by atoms with Gasteiger partial charge in [-0.05, 0) is 35.2 Å². The molecule has 3 aromatic carbocycles. The van der Waals surface area contributed by atoms with Crippen LogP contribution in [0.15, 0.2) is 78.9 Å². The van der Waals surface area contributed by atoms with Gasteiger partial charge in [-0.1, -0.05) is 73.7 Å². The molecule has 3 aromatic rings. The molecule has 0 radical (unpaired) electrons. The molecular formula is C28H32N2O4. The fraction of sp³-hybridized carbons (Fsp3) is 0.286. The lowest BCUT2D eigenvalue weighted by Crippen LogP contribution is -2.43. The average Bonchev–Trinajstić information content (AvgIpc) is 2.89. The number of benzene rings is 3. The van der Waals surface area contributed by atoms with Crippen LogP contribution in [-0.4, -0.2) is 37.5 Å². The highest BCUT2D eigenvalue weighted by Crippen LogP contribution is 2.28. The van der Waals surface area contributed by atoms with Gasteiger partial charge in [0.05, 0.1) is 14.2 Å². The van der Waals surface area contributed by atoms with Gasteiger partial charge in [0.25, 0.3) is 0 Å². The highest BCUT2D eigenvalue weighted by Gasteiger charge is 2.30. The summed E-state index contributed by atoms with van der Waals surface area (Å²) in [6, 6.07) is 24.2. The van der Waals surface area contributed by atoms with Crippen LogP contribution in [0.4, 0.5) is 0 Å². The SMILES string of the molecule is CCC(=O)N(Cc1ccccc1)C(C(=O)NCCc1ccc(OC)c(OC)c1)c1ccccc1. The van der Waals surface area contributed by atoms with Gasteiger partial charge in [0.2, 0.25) is 11.8 Å². The average molecular weight is 461 g/mol. The third-order valence-electron chi connectivity index (χ3n) is 5.65. The van der Waals surface area contributed by atoms with Crippen LogP contribution in [0.2, 0.25) is 0 Å². The third kappa shape index (κ3) is 6.38. The fourth-order valence-electron chi connectivity index (χ4n) is 3.88. The molecule has 0 aliphatic heterocycles. The van der Waals surface area contributed by atoms with Crippen LogP contribution in [0.1, 0.15) is 36.1 Å². The largest absolute Gasteiger partial charge is 0.493 e. The summed E-state index contributed by atoms with van der Waals surface area (Å²) in [5, 5.41) is 3.04. The number of amides is 2. The lowest BCUT2D eigenvalue weighted by atomic mass is 10.0. The Balaban J connectivity index is 1.79. The summed E-state index contributed by atoms with van der Waals surface area (Å²) in [5.41, 5.74) is 2.77. The zero-order valence-corrected chi connectivity index (χ0v) is 20.0. The number of carbonyl (C=O) groups is 2. The topological polar surface area (TPSA) is 67.9 Å². The maximum atomic E-state index is 13.5. The van der Waals surface area contributed by atoms with Gasteiger partial charge in [0.15, 0.2) is 11.5 Å². The molecule has 1 atom stereocenters. The minimum absolute atomic E-state index is 0.0762. The van der Waals surface area contributed by atoms with Crippen molar-refractivity contribution >= 4 is 11.8 Å². The van der Waals surface area contributed by atoms with Gasteiger partial charge < -0.3 is 19.7 Å². The first kappa shape index (κ1) is 24.8. The van der Waals surface area contributed by atoms with Gasteiger partial charge in [-0.2, -0.15) is 0 Å². The van der Waals surface area contributed by atoms with E-state index in [0.29, 0.717) is 37.4 Å². The lowest BCUT2D eigenvalue weighted by Gasteiger charge is -2.31. The van der Waals surface area contributed by atoms with E-state index in [2.05, 4.69) is 5.32 Å². The summed E-state index contributed by atoms with van der Waals surface area (Å²) in [5.74, 6) is 1.03. The Bertz CT molecular complexity index is 1070. The molecule has 0 aliphatic rings. The van der Waals surface area contributed by atoms with E-state index >= 15 is 0 Å². The monoisotopic (exact) mass is 460 g/mol. The molecule has 0 aliphatic carbocycles. The zero-order chi connectivity index (χ0) is 24.3. The molecule has 0 spiro atoms. The van der Waals surface area contributed by atoms with Gasteiger partial charge in [-0.3, -0.25) is 9.59 Å². The summed E-state index contributed by atoms with van der Waals surface area (Å²) in [4.78, 5) is 28.1. The summed E-state index contributed by atoms with van der Waals surface area (Å²) in [7, 11) is 3.19. The highest BCUT2D eigenvalue weighted by molar-refractivity contribution is 5.88. The van der Waals surface area contributed by atoms with Crippen molar-refractivity contribution < 1.29 is 19.1 Å². The Labute approximate surface area is 201 Å². The Morgan fingerprint density at radius 1 is 0.853 bits per heavy atom. The van der Waals surface area contributed by atoms with Gasteiger partial charge in [0, 0.05) is 19.5 Å². The maximum Gasteiger partial charge on any atom is 0.247 e. The quantitative estimate of drug-likeness (QED) is 0.456. The predicted molar refractivity (Wildman–Crippen MR) is 133 cm³/mol. The van der Waals surface area contributed by atoms with Gasteiger partial charge in [0.1, 0.15) is 6.04 Å². The molecule has 0 bridgehead atoms. The lowest BCUT2D eigenvalue weighted by molar-refractivity contribution is -0.141. The second-order valence-electron chi connectivity index (χ2n) is 7.90. The number of ether oxygens (including phenoxy) is 2. The number of methoxy groups -OCH3 is 2. The van der Waals surface area contributed by atoms with Crippen molar-refractivity contribution in [3.05, 3.63) is 95.6 Å². The van der Waals surface area contributed by atoms with E-state index in [1.165, 1.54) is 0 Å². The summed E-state index contributed by atoms with van der Waals surface area (Å²) in [6.07, 6.45) is 0.934. The fourth-order valence-corrected chi connectivity index (χ4v) is 3.88. The van der Waals surface area contributed by atoms with Crippen molar-refractivity contribution in [1.29, 1.82) is 0 Å². The molecule has 6 nitrogen and oxygen atoms in total. The summed E-state index contributed by atoms with van der Waals surface area (Å²) in [6.45, 7) is 2.60. The Morgan fingerprint density at radius 3 is 2.12 bits per heavy atom. The van der Waals surface area contributed by atoms with Crippen molar-refractivity contribution in [2.24, 2.45) is 0 Å². The number of hydrogen-bond acceptors (Lipinski definition) is 4. The van der Waals surface area contributed by atoms with Crippen LogP contribution in [0.5, 0.6) is 11.5 Å². The third-order valence-corrected chi connectivity index (χ3v) is 5.65. The second kappa shape index (κ2) is 12.4. The molecule has 34 heavy (non-hydrogen) atoms. The molecule has 1 N–H and O–H groups in total. The smallest absolute Gasteiger partial charge is 0.247 e. The van der Waals surface area contributed by atoms with Crippen molar-refractivity contribution in [3.8, 4) is 11.5 Å². The molecule has 0 heterocycles. The van der Waals surface area contributed by atoms with Crippen molar-refractivity contribution in [2.45, 2.75) is 32.4 Å². The van der Waals surface area contributed by atoms with Crippen LogP contribution in [-0.2, 0) is 22.6 Å². The van der Waals surface area contributed by atoms with E-state index in [0.717, 1.165) is 16.7 Å². The normalized spacial score (nSPS) is 11.4. The molecule has 6 heteroatoms. The number of carbonyl (C=O) groups excluding carboxylic acids is 2. The van der Waals surface area contributed by atoms with Crippen LogP contribution in [0.25, 0.3) is 0 Å². The molecule has 0 saturated carbocycles. The summed E-state index contributed by atoms with van der Waals surface area (Å²) < 4.78 is 10.7. The maximum absolute atomic E-state index is 13.5. The molecule has 1 unspecified atom stereocenters. The van der Waals surface area contributed by atoms with E-state index in [1.54, 1.807) is 19.1 Å². The van der Waals surface area contributed by atoms with E-state index in [9.17, 15) is 9.59 Å². The Morgan fingerprint density at radius 2 is 1.50 bits per heavy atom. The number of rotatable bonds is 11. The minimum atomic E-state index is -0.723. The van der Waals surface area contributed by atoms with Crippen LogP contribution in [0.3, 0.4) is 0 Å². The first-order valence-electron chi connectivity index (χ1n) is 11.4. The molecule has 0 fully saturated rings. The number of hydrogen-bond donors (Lipinski definition) is 1. The van der Waals surface area contributed by atoms with Crippen LogP contribution in [0, 0.1) is 0 Å². The molecule has 2 amide bonds. The number of nitrogens with zero attached hydrogens (tertiary/aromatic N) is 1. The Kier molecular flexibility index (Phi) is 9.09. The van der Waals surface area contributed by atoms with Crippen molar-refractivity contribution in [1.82, 2.24) is 10.2 Å². The predicted octanol–water partition coefficient (Wildman–Crippen LogP) is 4.54. The van der Waals surface area contributed by atoms with E-state index in [-0.39, 0.29) is 11.8 Å². The first-order valence-corrected chi connectivity index (χ1v) is 11.4. The Hall–Kier alpha value is -3.80.